The van der Waals surface area contributed by atoms with Gasteiger partial charge in [0.25, 0.3) is 5.91 Å². The highest BCUT2D eigenvalue weighted by atomic mass is 19.1. The predicted molar refractivity (Wildman–Crippen MR) is 72.7 cm³/mol. The molecule has 0 aliphatic rings. The summed E-state index contributed by atoms with van der Waals surface area (Å²) in [6.07, 6.45) is 0. The summed E-state index contributed by atoms with van der Waals surface area (Å²) in [6, 6.07) is 3.50. The van der Waals surface area contributed by atoms with Crippen LogP contribution in [0.25, 0.3) is 0 Å². The van der Waals surface area contributed by atoms with Crippen LogP contribution in [-0.4, -0.2) is 43.1 Å². The lowest BCUT2D eigenvalue weighted by Crippen LogP contribution is -2.40. The van der Waals surface area contributed by atoms with Crippen molar-refractivity contribution in [1.29, 1.82) is 0 Å². The van der Waals surface area contributed by atoms with Gasteiger partial charge in [-0.05, 0) is 31.6 Å². The fourth-order valence-electron chi connectivity index (χ4n) is 2.01. The fourth-order valence-corrected chi connectivity index (χ4v) is 2.01. The van der Waals surface area contributed by atoms with E-state index in [0.717, 1.165) is 12.6 Å². The number of carbonyl (C=O) groups excluding carboxylic acids is 1. The first-order valence-electron chi connectivity index (χ1n) is 6.13. The van der Waals surface area contributed by atoms with Gasteiger partial charge in [0.2, 0.25) is 0 Å². The molecule has 0 unspecified atom stereocenters. The van der Waals surface area contributed by atoms with Gasteiger partial charge in [0.05, 0.1) is 5.56 Å². The molecule has 1 aromatic carbocycles. The van der Waals surface area contributed by atoms with Crippen molar-refractivity contribution in [3.05, 3.63) is 29.6 Å². The quantitative estimate of drug-likeness (QED) is 0.857. The molecule has 0 heterocycles. The zero-order chi connectivity index (χ0) is 14.6. The molecule has 0 aliphatic carbocycles. The van der Waals surface area contributed by atoms with E-state index in [9.17, 15) is 9.18 Å². The summed E-state index contributed by atoms with van der Waals surface area (Å²) in [5, 5.41) is 11.8. The molecular formula is C14H21FN2O2. The number of aromatic hydroxyl groups is 1. The number of phenolic OH excluding ortho intramolecular Hbond substituents is 1. The van der Waals surface area contributed by atoms with Crippen molar-refractivity contribution in [1.82, 2.24) is 10.2 Å². The molecule has 106 valence electrons. The first kappa shape index (κ1) is 15.4. The van der Waals surface area contributed by atoms with Crippen LogP contribution < -0.4 is 5.32 Å². The number of carbonyl (C=O) groups is 1. The van der Waals surface area contributed by atoms with E-state index in [1.54, 1.807) is 0 Å². The monoisotopic (exact) mass is 268 g/mol. The van der Waals surface area contributed by atoms with Gasteiger partial charge in [-0.25, -0.2) is 4.39 Å². The second kappa shape index (κ2) is 6.02. The highest BCUT2D eigenvalue weighted by Crippen LogP contribution is 2.17. The van der Waals surface area contributed by atoms with Crippen LogP contribution >= 0.6 is 0 Å². The average molecular weight is 268 g/mol. The molecule has 0 saturated carbocycles. The Morgan fingerprint density at radius 3 is 2.58 bits per heavy atom. The number of nitrogens with zero attached hydrogens (tertiary/aromatic N) is 1. The van der Waals surface area contributed by atoms with Gasteiger partial charge >= 0.3 is 0 Å². The minimum absolute atomic E-state index is 0.0570. The Balaban J connectivity index is 2.65. The van der Waals surface area contributed by atoms with Crippen LogP contribution in [0, 0.1) is 11.2 Å². The molecule has 5 heteroatoms. The summed E-state index contributed by atoms with van der Waals surface area (Å²) in [4.78, 5) is 13.9. The van der Waals surface area contributed by atoms with E-state index in [4.69, 9.17) is 5.11 Å². The van der Waals surface area contributed by atoms with Crippen molar-refractivity contribution in [2.75, 3.05) is 27.2 Å². The molecule has 0 fully saturated rings. The number of phenols is 1. The molecule has 4 nitrogen and oxygen atoms in total. The topological polar surface area (TPSA) is 52.6 Å². The molecule has 0 aromatic heterocycles. The highest BCUT2D eigenvalue weighted by Gasteiger charge is 2.21. The van der Waals surface area contributed by atoms with Gasteiger partial charge in [-0.1, -0.05) is 13.8 Å². The van der Waals surface area contributed by atoms with Crippen LogP contribution in [0.5, 0.6) is 5.75 Å². The van der Waals surface area contributed by atoms with Crippen LogP contribution in [0.15, 0.2) is 18.2 Å². The van der Waals surface area contributed by atoms with Gasteiger partial charge in [0.15, 0.2) is 0 Å². The molecule has 0 saturated heterocycles. The van der Waals surface area contributed by atoms with Crippen molar-refractivity contribution in [3.63, 3.8) is 0 Å². The van der Waals surface area contributed by atoms with E-state index in [1.807, 2.05) is 32.8 Å². The summed E-state index contributed by atoms with van der Waals surface area (Å²) < 4.78 is 13.5. The molecular weight excluding hydrogens is 247 g/mol. The van der Waals surface area contributed by atoms with Gasteiger partial charge in [0, 0.05) is 19.2 Å². The lowest BCUT2D eigenvalue weighted by Gasteiger charge is -2.28. The van der Waals surface area contributed by atoms with Crippen LogP contribution in [0.2, 0.25) is 0 Å². The van der Waals surface area contributed by atoms with Crippen molar-refractivity contribution in [2.24, 2.45) is 5.41 Å². The van der Waals surface area contributed by atoms with Crippen LogP contribution in [0.3, 0.4) is 0 Å². The lowest BCUT2D eigenvalue weighted by molar-refractivity contribution is 0.0925. The van der Waals surface area contributed by atoms with E-state index >= 15 is 0 Å². The molecule has 2 N–H and O–H groups in total. The maximum Gasteiger partial charge on any atom is 0.254 e. The predicted octanol–water partition coefficient (Wildman–Crippen LogP) is 1.85. The molecule has 0 spiro atoms. The lowest BCUT2D eigenvalue weighted by atomic mass is 9.93. The van der Waals surface area contributed by atoms with Gasteiger partial charge in [-0.3, -0.25) is 4.79 Å². The minimum atomic E-state index is -0.720. The van der Waals surface area contributed by atoms with E-state index in [1.165, 1.54) is 12.1 Å². The van der Waals surface area contributed by atoms with E-state index < -0.39 is 11.7 Å². The number of amides is 1. The Morgan fingerprint density at radius 2 is 2.05 bits per heavy atom. The molecule has 1 amide bonds. The maximum atomic E-state index is 13.5. The van der Waals surface area contributed by atoms with E-state index in [-0.39, 0.29) is 16.7 Å². The molecule has 0 bridgehead atoms. The Kier molecular flexibility index (Phi) is 4.89. The number of rotatable bonds is 5. The van der Waals surface area contributed by atoms with Crippen LogP contribution in [0.1, 0.15) is 24.2 Å². The standard InChI is InChI=1S/C14H21FN2O2/c1-14(2,9-17(3)4)8-16-13(19)11-6-5-10(18)7-12(11)15/h5-7,18H,8-9H2,1-4H3,(H,16,19). The third-order valence-corrected chi connectivity index (χ3v) is 2.67. The summed E-state index contributed by atoms with van der Waals surface area (Å²) in [5.41, 5.74) is -0.162. The van der Waals surface area contributed by atoms with Gasteiger partial charge < -0.3 is 15.3 Å². The first-order chi connectivity index (χ1) is 8.71. The number of halogens is 1. The van der Waals surface area contributed by atoms with Gasteiger partial charge in [-0.15, -0.1) is 0 Å². The second-order valence-electron chi connectivity index (χ2n) is 5.75. The van der Waals surface area contributed by atoms with E-state index in [0.29, 0.717) is 6.54 Å². The average Bonchev–Trinajstić information content (AvgIpc) is 2.24. The van der Waals surface area contributed by atoms with Crippen molar-refractivity contribution in [2.45, 2.75) is 13.8 Å². The Labute approximate surface area is 113 Å². The number of hydrogen-bond acceptors (Lipinski definition) is 3. The Morgan fingerprint density at radius 1 is 1.42 bits per heavy atom. The van der Waals surface area contributed by atoms with Crippen LogP contribution in [0.4, 0.5) is 4.39 Å². The highest BCUT2D eigenvalue weighted by molar-refractivity contribution is 5.94. The van der Waals surface area contributed by atoms with Crippen molar-refractivity contribution in [3.8, 4) is 5.75 Å². The summed E-state index contributed by atoms with van der Waals surface area (Å²) in [6.45, 7) is 5.32. The zero-order valence-electron chi connectivity index (χ0n) is 11.8. The molecule has 1 rings (SSSR count). The SMILES string of the molecule is CN(C)CC(C)(C)CNC(=O)c1ccc(O)cc1F. The zero-order valence-corrected chi connectivity index (χ0v) is 11.8. The normalized spacial score (nSPS) is 11.7. The summed E-state index contributed by atoms with van der Waals surface area (Å²) in [7, 11) is 3.92. The van der Waals surface area contributed by atoms with Crippen molar-refractivity contribution < 1.29 is 14.3 Å². The molecule has 0 aliphatic heterocycles. The minimum Gasteiger partial charge on any atom is -0.508 e. The van der Waals surface area contributed by atoms with Gasteiger partial charge in [0.1, 0.15) is 11.6 Å². The van der Waals surface area contributed by atoms with Gasteiger partial charge in [-0.2, -0.15) is 0 Å². The molecule has 0 atom stereocenters. The van der Waals surface area contributed by atoms with E-state index in [2.05, 4.69) is 5.32 Å². The smallest absolute Gasteiger partial charge is 0.254 e. The molecule has 1 aromatic rings. The van der Waals surface area contributed by atoms with Crippen LogP contribution in [-0.2, 0) is 0 Å². The second-order valence-corrected chi connectivity index (χ2v) is 5.75. The first-order valence-corrected chi connectivity index (χ1v) is 6.13. The summed E-state index contributed by atoms with van der Waals surface area (Å²) in [5.74, 6) is -1.38. The largest absolute Gasteiger partial charge is 0.508 e. The molecule has 0 radical (unpaired) electrons. The Hall–Kier alpha value is -1.62. The Bertz CT molecular complexity index is 459. The molecule has 19 heavy (non-hydrogen) atoms. The summed E-state index contributed by atoms with van der Waals surface area (Å²) >= 11 is 0. The number of benzene rings is 1. The maximum absolute atomic E-state index is 13.5. The number of hydrogen-bond donors (Lipinski definition) is 2. The third kappa shape index (κ3) is 4.87. The number of nitrogens with one attached hydrogen (secondary N) is 1. The fraction of sp³-hybridized carbons (Fsp3) is 0.500. The van der Waals surface area contributed by atoms with Crippen molar-refractivity contribution >= 4 is 5.91 Å². The third-order valence-electron chi connectivity index (χ3n) is 2.67.